The smallest absolute Gasteiger partial charge is 0.254 e. The van der Waals surface area contributed by atoms with Crippen molar-refractivity contribution in [2.45, 2.75) is 26.7 Å². The van der Waals surface area contributed by atoms with Crippen LogP contribution in [0, 0.1) is 6.92 Å². The molecule has 0 fully saturated rings. The van der Waals surface area contributed by atoms with Gasteiger partial charge in [-0.1, -0.05) is 19.4 Å². The van der Waals surface area contributed by atoms with Crippen LogP contribution in [-0.2, 0) is 6.42 Å². The molecular weight excluding hydrogens is 214 g/mol. The Morgan fingerprint density at radius 2 is 2.18 bits per heavy atom. The first-order valence-electron chi connectivity index (χ1n) is 5.73. The first kappa shape index (κ1) is 11.5. The third kappa shape index (κ3) is 2.41. The molecule has 0 aliphatic carbocycles. The van der Waals surface area contributed by atoms with Gasteiger partial charge in [0, 0.05) is 17.5 Å². The minimum Gasteiger partial charge on any atom is -0.305 e. The molecule has 0 radical (unpaired) electrons. The fraction of sp³-hybridized carbons (Fsp3) is 0.308. The van der Waals surface area contributed by atoms with Crippen LogP contribution in [0.5, 0.6) is 0 Å². The quantitative estimate of drug-likeness (QED) is 0.876. The number of aryl methyl sites for hydroxylation is 1. The van der Waals surface area contributed by atoms with E-state index in [4.69, 9.17) is 0 Å². The topological polar surface area (TPSA) is 58.6 Å². The molecule has 17 heavy (non-hydrogen) atoms. The normalized spacial score (nSPS) is 10.5. The lowest BCUT2D eigenvalue weighted by molar-refractivity contribution is 0.867. The first-order valence-corrected chi connectivity index (χ1v) is 5.73. The van der Waals surface area contributed by atoms with Crippen molar-refractivity contribution in [3.8, 4) is 11.5 Å². The maximum atomic E-state index is 11.9. The van der Waals surface area contributed by atoms with Gasteiger partial charge in [-0.2, -0.15) is 0 Å². The number of aromatic amines is 1. The van der Waals surface area contributed by atoms with Gasteiger partial charge < -0.3 is 4.98 Å². The molecule has 2 aromatic heterocycles. The molecule has 0 aromatic carbocycles. The molecule has 0 saturated heterocycles. The van der Waals surface area contributed by atoms with E-state index in [0.717, 1.165) is 24.1 Å². The summed E-state index contributed by atoms with van der Waals surface area (Å²) in [6.45, 7) is 3.91. The molecule has 2 rings (SSSR count). The highest BCUT2D eigenvalue weighted by Crippen LogP contribution is 2.11. The fourth-order valence-electron chi connectivity index (χ4n) is 1.78. The van der Waals surface area contributed by atoms with Crippen LogP contribution in [0.25, 0.3) is 11.5 Å². The van der Waals surface area contributed by atoms with Crippen LogP contribution >= 0.6 is 0 Å². The molecule has 0 spiro atoms. The summed E-state index contributed by atoms with van der Waals surface area (Å²) in [6, 6.07) is 5.54. The van der Waals surface area contributed by atoms with Crippen LogP contribution < -0.4 is 5.56 Å². The fourth-order valence-corrected chi connectivity index (χ4v) is 1.78. The van der Waals surface area contributed by atoms with E-state index in [1.165, 1.54) is 0 Å². The number of nitrogens with one attached hydrogen (secondary N) is 1. The average Bonchev–Trinajstić information content (AvgIpc) is 2.35. The zero-order chi connectivity index (χ0) is 12.3. The Balaban J connectivity index is 2.50. The van der Waals surface area contributed by atoms with Gasteiger partial charge >= 0.3 is 0 Å². The summed E-state index contributed by atoms with van der Waals surface area (Å²) in [5.74, 6) is 0.535. The lowest BCUT2D eigenvalue weighted by Crippen LogP contribution is -2.17. The van der Waals surface area contributed by atoms with E-state index in [1.54, 1.807) is 6.20 Å². The van der Waals surface area contributed by atoms with E-state index < -0.39 is 0 Å². The number of hydrogen-bond donors (Lipinski definition) is 1. The number of nitrogens with zero attached hydrogens (tertiary/aromatic N) is 2. The molecule has 0 atom stereocenters. The van der Waals surface area contributed by atoms with E-state index in [0.29, 0.717) is 11.5 Å². The van der Waals surface area contributed by atoms with Gasteiger partial charge in [0.05, 0.1) is 0 Å². The molecule has 0 aliphatic rings. The molecule has 4 nitrogen and oxygen atoms in total. The summed E-state index contributed by atoms with van der Waals surface area (Å²) >= 11 is 0. The molecular formula is C13H15N3O. The van der Waals surface area contributed by atoms with Crippen molar-refractivity contribution in [3.05, 3.63) is 46.0 Å². The van der Waals surface area contributed by atoms with Crippen molar-refractivity contribution < 1.29 is 0 Å². The van der Waals surface area contributed by atoms with Crippen molar-refractivity contribution in [3.63, 3.8) is 0 Å². The predicted molar refractivity (Wildman–Crippen MR) is 66.8 cm³/mol. The molecule has 1 N–H and O–H groups in total. The summed E-state index contributed by atoms with van der Waals surface area (Å²) in [5.41, 5.74) is 2.19. The van der Waals surface area contributed by atoms with E-state index in [1.807, 2.05) is 32.0 Å². The Kier molecular flexibility index (Phi) is 3.32. The van der Waals surface area contributed by atoms with Gasteiger partial charge in [-0.3, -0.25) is 9.78 Å². The second-order valence-corrected chi connectivity index (χ2v) is 3.94. The van der Waals surface area contributed by atoms with Crippen LogP contribution in [0.4, 0.5) is 0 Å². The molecule has 0 aliphatic heterocycles. The minimum atomic E-state index is -0.0556. The lowest BCUT2D eigenvalue weighted by Gasteiger charge is -2.05. The molecule has 2 aromatic rings. The average molecular weight is 229 g/mol. The number of pyridine rings is 1. The van der Waals surface area contributed by atoms with Crippen LogP contribution in [0.1, 0.15) is 24.6 Å². The molecule has 0 amide bonds. The first-order chi connectivity index (χ1) is 8.22. The van der Waals surface area contributed by atoms with Crippen molar-refractivity contribution >= 4 is 0 Å². The maximum Gasteiger partial charge on any atom is 0.254 e. The molecule has 88 valence electrons. The third-order valence-corrected chi connectivity index (χ3v) is 2.63. The monoisotopic (exact) mass is 229 g/mol. The van der Waals surface area contributed by atoms with Gasteiger partial charge in [0.1, 0.15) is 5.69 Å². The third-order valence-electron chi connectivity index (χ3n) is 2.63. The largest absolute Gasteiger partial charge is 0.305 e. The number of rotatable bonds is 3. The minimum absolute atomic E-state index is 0.0556. The summed E-state index contributed by atoms with van der Waals surface area (Å²) in [5, 5.41) is 0. The summed E-state index contributed by atoms with van der Waals surface area (Å²) in [6.07, 6.45) is 3.38. The zero-order valence-electron chi connectivity index (χ0n) is 10.0. The Morgan fingerprint density at radius 1 is 1.35 bits per heavy atom. The number of aromatic nitrogens is 3. The van der Waals surface area contributed by atoms with Gasteiger partial charge in [-0.15, -0.1) is 0 Å². The second-order valence-electron chi connectivity index (χ2n) is 3.94. The highest BCUT2D eigenvalue weighted by Gasteiger charge is 2.08. The van der Waals surface area contributed by atoms with Gasteiger partial charge in [-0.05, 0) is 25.5 Å². The lowest BCUT2D eigenvalue weighted by atomic mass is 10.1. The van der Waals surface area contributed by atoms with Crippen molar-refractivity contribution in [2.75, 3.05) is 0 Å². The van der Waals surface area contributed by atoms with Gasteiger partial charge in [0.2, 0.25) is 0 Å². The molecule has 0 saturated carbocycles. The van der Waals surface area contributed by atoms with Crippen molar-refractivity contribution in [1.29, 1.82) is 0 Å². The van der Waals surface area contributed by atoms with E-state index in [9.17, 15) is 4.79 Å². The van der Waals surface area contributed by atoms with E-state index in [2.05, 4.69) is 15.0 Å². The Hall–Kier alpha value is -1.97. The highest BCUT2D eigenvalue weighted by atomic mass is 16.1. The van der Waals surface area contributed by atoms with Gasteiger partial charge in [0.25, 0.3) is 5.56 Å². The number of H-pyrrole nitrogens is 1. The van der Waals surface area contributed by atoms with Crippen LogP contribution in [-0.4, -0.2) is 15.0 Å². The predicted octanol–water partition coefficient (Wildman–Crippen LogP) is 2.09. The van der Waals surface area contributed by atoms with E-state index >= 15 is 0 Å². The highest BCUT2D eigenvalue weighted by molar-refractivity contribution is 5.48. The van der Waals surface area contributed by atoms with Crippen molar-refractivity contribution in [1.82, 2.24) is 15.0 Å². The molecule has 0 unspecified atom stereocenters. The Bertz CT molecular complexity index is 561. The van der Waals surface area contributed by atoms with Crippen LogP contribution in [0.3, 0.4) is 0 Å². The van der Waals surface area contributed by atoms with Crippen LogP contribution in [0.15, 0.2) is 29.2 Å². The Morgan fingerprint density at radius 3 is 2.76 bits per heavy atom. The standard InChI is InChI=1S/C13H15N3O/c1-3-6-10-9(2)15-12(16-13(10)17)11-7-4-5-8-14-11/h4-5,7-8H,3,6H2,1-2H3,(H,15,16,17). The summed E-state index contributed by atoms with van der Waals surface area (Å²) in [7, 11) is 0. The van der Waals surface area contributed by atoms with Gasteiger partial charge in [-0.25, -0.2) is 4.98 Å². The molecule has 4 heteroatoms. The van der Waals surface area contributed by atoms with Crippen molar-refractivity contribution in [2.24, 2.45) is 0 Å². The number of hydrogen-bond acceptors (Lipinski definition) is 3. The summed E-state index contributed by atoms with van der Waals surface area (Å²) in [4.78, 5) is 23.3. The molecule has 2 heterocycles. The zero-order valence-corrected chi connectivity index (χ0v) is 10.0. The van der Waals surface area contributed by atoms with E-state index in [-0.39, 0.29) is 5.56 Å². The second kappa shape index (κ2) is 4.91. The van der Waals surface area contributed by atoms with Gasteiger partial charge in [0.15, 0.2) is 5.82 Å². The maximum absolute atomic E-state index is 11.9. The SMILES string of the molecule is CCCc1c(C)nc(-c2ccccn2)[nH]c1=O. The summed E-state index contributed by atoms with van der Waals surface area (Å²) < 4.78 is 0. The Labute approximate surface area is 99.8 Å². The molecule has 0 bridgehead atoms. The van der Waals surface area contributed by atoms with Crippen LogP contribution in [0.2, 0.25) is 0 Å².